The van der Waals surface area contributed by atoms with Crippen LogP contribution in [0.15, 0.2) is 65.7 Å². The molecular formula is C22H21N5O2. The summed E-state index contributed by atoms with van der Waals surface area (Å²) in [7, 11) is 0. The molecule has 4 aromatic heterocycles. The van der Waals surface area contributed by atoms with Gasteiger partial charge in [-0.15, -0.1) is 0 Å². The molecule has 1 atom stereocenters. The van der Waals surface area contributed by atoms with Crippen molar-refractivity contribution in [2.45, 2.75) is 25.2 Å². The lowest BCUT2D eigenvalue weighted by Crippen LogP contribution is -2.40. The van der Waals surface area contributed by atoms with Crippen LogP contribution in [0.3, 0.4) is 0 Å². The Balaban J connectivity index is 1.35. The summed E-state index contributed by atoms with van der Waals surface area (Å²) in [6.07, 6.45) is 9.41. The van der Waals surface area contributed by atoms with E-state index in [1.807, 2.05) is 58.2 Å². The normalized spacial score (nSPS) is 17.0. The molecule has 4 aromatic rings. The minimum absolute atomic E-state index is 0.0901. The molecule has 0 radical (unpaired) electrons. The van der Waals surface area contributed by atoms with E-state index in [0.29, 0.717) is 18.7 Å². The molecule has 0 spiro atoms. The zero-order valence-electron chi connectivity index (χ0n) is 15.9. The highest BCUT2D eigenvalue weighted by molar-refractivity contribution is 5.78. The third-order valence-electron chi connectivity index (χ3n) is 5.39. The Kier molecular flexibility index (Phi) is 4.56. The number of carbonyl (C=O) groups excluding carboxylic acids is 1. The lowest BCUT2D eigenvalue weighted by molar-refractivity contribution is -0.132. The highest BCUT2D eigenvalue weighted by atomic mass is 16.3. The molecule has 1 amide bonds. The molecule has 5 heterocycles. The number of carbonyl (C=O) groups is 1. The maximum absolute atomic E-state index is 12.6. The summed E-state index contributed by atoms with van der Waals surface area (Å²) >= 11 is 0. The van der Waals surface area contributed by atoms with E-state index in [1.54, 1.807) is 12.5 Å². The summed E-state index contributed by atoms with van der Waals surface area (Å²) < 4.78 is 7.13. The Morgan fingerprint density at radius 1 is 1.17 bits per heavy atom. The highest BCUT2D eigenvalue weighted by Gasteiger charge is 2.27. The van der Waals surface area contributed by atoms with Crippen LogP contribution in [0.25, 0.3) is 16.8 Å². The number of pyridine rings is 2. The zero-order valence-corrected chi connectivity index (χ0v) is 15.9. The van der Waals surface area contributed by atoms with Crippen molar-refractivity contribution in [1.82, 2.24) is 24.5 Å². The zero-order chi connectivity index (χ0) is 19.6. The van der Waals surface area contributed by atoms with E-state index in [0.717, 1.165) is 42.0 Å². The van der Waals surface area contributed by atoms with E-state index < -0.39 is 0 Å². The van der Waals surface area contributed by atoms with Gasteiger partial charge in [0.2, 0.25) is 5.91 Å². The van der Waals surface area contributed by atoms with Crippen molar-refractivity contribution < 1.29 is 9.21 Å². The van der Waals surface area contributed by atoms with Gasteiger partial charge < -0.3 is 9.32 Å². The molecule has 0 aliphatic carbocycles. The Bertz CT molecular complexity index is 1120. The molecule has 0 N–H and O–H groups in total. The van der Waals surface area contributed by atoms with Crippen LogP contribution in [0.2, 0.25) is 0 Å². The Labute approximate surface area is 168 Å². The van der Waals surface area contributed by atoms with Crippen molar-refractivity contribution in [3.63, 3.8) is 0 Å². The average molecular weight is 387 g/mol. The minimum Gasteiger partial charge on any atom is -0.469 e. The number of piperidine rings is 1. The fourth-order valence-electron chi connectivity index (χ4n) is 3.87. The number of aromatic nitrogens is 4. The van der Waals surface area contributed by atoms with Gasteiger partial charge in [-0.1, -0.05) is 6.07 Å². The topological polar surface area (TPSA) is 76.5 Å². The van der Waals surface area contributed by atoms with Gasteiger partial charge in [-0.2, -0.15) is 5.10 Å². The van der Waals surface area contributed by atoms with E-state index in [1.165, 1.54) is 0 Å². The monoisotopic (exact) mass is 387 g/mol. The molecule has 29 heavy (non-hydrogen) atoms. The predicted molar refractivity (Wildman–Crippen MR) is 107 cm³/mol. The third-order valence-corrected chi connectivity index (χ3v) is 5.39. The molecule has 1 fully saturated rings. The Morgan fingerprint density at radius 3 is 2.97 bits per heavy atom. The van der Waals surface area contributed by atoms with Gasteiger partial charge >= 0.3 is 0 Å². The van der Waals surface area contributed by atoms with Crippen LogP contribution in [0.5, 0.6) is 0 Å². The summed E-state index contributed by atoms with van der Waals surface area (Å²) in [5.41, 5.74) is 2.89. The third kappa shape index (κ3) is 3.63. The Hall–Kier alpha value is -3.48. The second kappa shape index (κ2) is 7.50. The summed E-state index contributed by atoms with van der Waals surface area (Å²) in [6.45, 7) is 1.42. The highest BCUT2D eigenvalue weighted by Crippen LogP contribution is 2.26. The van der Waals surface area contributed by atoms with E-state index in [4.69, 9.17) is 14.5 Å². The maximum Gasteiger partial charge on any atom is 0.230 e. The molecule has 1 saturated heterocycles. The molecule has 0 bridgehead atoms. The van der Waals surface area contributed by atoms with Crippen LogP contribution in [0.4, 0.5) is 0 Å². The first-order valence-corrected chi connectivity index (χ1v) is 9.83. The van der Waals surface area contributed by atoms with Crippen molar-refractivity contribution in [3.8, 4) is 11.1 Å². The molecule has 0 aromatic carbocycles. The van der Waals surface area contributed by atoms with E-state index in [9.17, 15) is 4.79 Å². The van der Waals surface area contributed by atoms with Gasteiger partial charge in [0.05, 0.1) is 12.7 Å². The van der Waals surface area contributed by atoms with Crippen molar-refractivity contribution >= 4 is 11.6 Å². The largest absolute Gasteiger partial charge is 0.469 e. The van der Waals surface area contributed by atoms with Crippen molar-refractivity contribution in [1.29, 1.82) is 0 Å². The number of hydrogen-bond donors (Lipinski definition) is 0. The van der Waals surface area contributed by atoms with Crippen molar-refractivity contribution in [2.75, 3.05) is 13.1 Å². The lowest BCUT2D eigenvalue weighted by Gasteiger charge is -2.31. The fourth-order valence-corrected chi connectivity index (χ4v) is 3.87. The van der Waals surface area contributed by atoms with Crippen LogP contribution < -0.4 is 0 Å². The van der Waals surface area contributed by atoms with Crippen LogP contribution in [0, 0.1) is 0 Å². The number of hydrogen-bond acceptors (Lipinski definition) is 5. The summed E-state index contributed by atoms with van der Waals surface area (Å²) in [5, 5.41) is 4.72. The summed E-state index contributed by atoms with van der Waals surface area (Å²) in [5.74, 6) is 1.73. The van der Waals surface area contributed by atoms with Gasteiger partial charge in [0, 0.05) is 48.7 Å². The smallest absolute Gasteiger partial charge is 0.230 e. The number of amides is 1. The fraction of sp³-hybridized carbons (Fsp3) is 0.273. The van der Waals surface area contributed by atoms with Crippen LogP contribution in [-0.2, 0) is 11.2 Å². The predicted octanol–water partition coefficient (Wildman–Crippen LogP) is 3.33. The van der Waals surface area contributed by atoms with E-state index in [-0.39, 0.29) is 11.8 Å². The van der Waals surface area contributed by atoms with E-state index in [2.05, 4.69) is 4.98 Å². The second-order valence-corrected chi connectivity index (χ2v) is 7.37. The average Bonchev–Trinajstić information content (AvgIpc) is 3.43. The quantitative estimate of drug-likeness (QED) is 0.537. The van der Waals surface area contributed by atoms with E-state index >= 15 is 0 Å². The number of fused-ring (bicyclic) bond motifs is 1. The number of rotatable bonds is 4. The van der Waals surface area contributed by atoms with Gasteiger partial charge in [-0.3, -0.25) is 9.78 Å². The summed E-state index contributed by atoms with van der Waals surface area (Å²) in [6, 6.07) is 11.6. The van der Waals surface area contributed by atoms with Crippen molar-refractivity contribution in [2.24, 2.45) is 0 Å². The first-order chi connectivity index (χ1) is 14.3. The lowest BCUT2D eigenvalue weighted by atomic mass is 9.97. The SMILES string of the molecule is O=C(Cc1ccco1)N1CCCC(c2nc3ccc(-c4cccnc4)cn3n2)C1. The first kappa shape index (κ1) is 17.6. The van der Waals surface area contributed by atoms with Gasteiger partial charge in [-0.05, 0) is 43.2 Å². The van der Waals surface area contributed by atoms with Crippen LogP contribution in [-0.4, -0.2) is 43.5 Å². The number of likely N-dealkylation sites (tertiary alicyclic amines) is 1. The summed E-state index contributed by atoms with van der Waals surface area (Å²) in [4.78, 5) is 23.4. The molecule has 5 rings (SSSR count). The molecule has 1 unspecified atom stereocenters. The van der Waals surface area contributed by atoms with Crippen LogP contribution in [0.1, 0.15) is 30.3 Å². The molecular weight excluding hydrogens is 366 g/mol. The maximum atomic E-state index is 12.6. The Morgan fingerprint density at radius 2 is 2.14 bits per heavy atom. The standard InChI is InChI=1S/C22H21N5O2/c28-21(12-19-6-3-11-29-19)26-10-2-5-18(14-26)22-24-20-8-7-17(15-27(20)25-22)16-4-1-9-23-13-16/h1,3-4,6-9,11,13,15,18H,2,5,10,12,14H2. The van der Waals surface area contributed by atoms with Gasteiger partial charge in [0.1, 0.15) is 5.76 Å². The number of furan rings is 1. The molecule has 1 aliphatic heterocycles. The molecule has 1 aliphatic rings. The minimum atomic E-state index is 0.0901. The molecule has 0 saturated carbocycles. The van der Waals surface area contributed by atoms with Crippen LogP contribution >= 0.6 is 0 Å². The van der Waals surface area contributed by atoms with Crippen molar-refractivity contribution in [3.05, 3.63) is 72.8 Å². The van der Waals surface area contributed by atoms with Gasteiger partial charge in [0.15, 0.2) is 11.5 Å². The van der Waals surface area contributed by atoms with Gasteiger partial charge in [-0.25, -0.2) is 9.50 Å². The molecule has 7 heteroatoms. The van der Waals surface area contributed by atoms with Gasteiger partial charge in [0.25, 0.3) is 0 Å². The molecule has 146 valence electrons. The molecule has 7 nitrogen and oxygen atoms in total. The number of nitrogens with zero attached hydrogens (tertiary/aromatic N) is 5. The first-order valence-electron chi connectivity index (χ1n) is 9.83. The second-order valence-electron chi connectivity index (χ2n) is 7.37.